The predicted octanol–water partition coefficient (Wildman–Crippen LogP) is 1.79. The minimum atomic E-state index is -1.33. The van der Waals surface area contributed by atoms with Crippen LogP contribution in [0.2, 0.25) is 0 Å². The fourth-order valence-corrected chi connectivity index (χ4v) is 2.54. The van der Waals surface area contributed by atoms with Crippen LogP contribution in [0.3, 0.4) is 0 Å². The van der Waals surface area contributed by atoms with Gasteiger partial charge in [0.25, 0.3) is 0 Å². The van der Waals surface area contributed by atoms with Crippen LogP contribution >= 0.6 is 0 Å². The van der Waals surface area contributed by atoms with Gasteiger partial charge in [-0.05, 0) is 38.4 Å². The van der Waals surface area contributed by atoms with Crippen LogP contribution in [0.1, 0.15) is 18.4 Å². The van der Waals surface area contributed by atoms with Gasteiger partial charge < -0.3 is 5.32 Å². The summed E-state index contributed by atoms with van der Waals surface area (Å²) >= 11 is -1.33. The second kappa shape index (κ2) is 5.57. The summed E-state index contributed by atoms with van der Waals surface area (Å²) in [6, 6.07) is 7.98. The molecule has 1 aliphatic rings. The van der Waals surface area contributed by atoms with Crippen LogP contribution in [0, 0.1) is 6.92 Å². The third-order valence-electron chi connectivity index (χ3n) is 2.75. The third-order valence-corrected chi connectivity index (χ3v) is 3.76. The Morgan fingerprint density at radius 3 is 2.81 bits per heavy atom. The molecule has 2 atom stereocenters. The van der Waals surface area contributed by atoms with Gasteiger partial charge in [-0.25, -0.2) is 4.21 Å². The molecular weight excluding hydrogens is 222 g/mol. The van der Waals surface area contributed by atoms with Crippen molar-refractivity contribution < 1.29 is 8.39 Å². The Hall–Kier alpha value is -0.710. The molecule has 0 bridgehead atoms. The zero-order valence-electron chi connectivity index (χ0n) is 9.44. The molecule has 1 N–H and O–H groups in total. The zero-order valence-corrected chi connectivity index (χ0v) is 10.3. The Labute approximate surface area is 98.9 Å². The number of hydrogen-bond donors (Lipinski definition) is 1. The van der Waals surface area contributed by atoms with Gasteiger partial charge in [-0.3, -0.25) is 4.18 Å². The molecule has 1 heterocycles. The number of hydrogen-bond acceptors (Lipinski definition) is 3. The molecule has 0 aromatic heterocycles. The summed E-state index contributed by atoms with van der Waals surface area (Å²) in [6.45, 7) is 3.59. The highest BCUT2D eigenvalue weighted by Crippen LogP contribution is 2.11. The van der Waals surface area contributed by atoms with Crippen molar-refractivity contribution in [3.8, 4) is 0 Å². The maximum atomic E-state index is 11.8. The molecule has 4 heteroatoms. The largest absolute Gasteiger partial charge is 0.312 e. The highest BCUT2D eigenvalue weighted by atomic mass is 32.2. The lowest BCUT2D eigenvalue weighted by atomic mass is 10.2. The van der Waals surface area contributed by atoms with E-state index in [0.29, 0.717) is 12.6 Å². The molecule has 16 heavy (non-hydrogen) atoms. The van der Waals surface area contributed by atoms with Crippen molar-refractivity contribution in [2.24, 2.45) is 0 Å². The Morgan fingerprint density at radius 1 is 1.44 bits per heavy atom. The molecule has 1 aromatic carbocycles. The molecule has 3 nitrogen and oxygen atoms in total. The predicted molar refractivity (Wildman–Crippen MR) is 64.6 cm³/mol. The summed E-state index contributed by atoms with van der Waals surface area (Å²) in [6.07, 6.45) is 2.30. The van der Waals surface area contributed by atoms with Crippen LogP contribution in [0.5, 0.6) is 0 Å². The molecule has 1 fully saturated rings. The molecular formula is C12H17NO2S. The van der Waals surface area contributed by atoms with E-state index in [1.54, 1.807) is 0 Å². The molecule has 2 rings (SSSR count). The number of nitrogens with one attached hydrogen (secondary N) is 1. The van der Waals surface area contributed by atoms with Crippen molar-refractivity contribution in [1.82, 2.24) is 5.32 Å². The molecule has 2 unspecified atom stereocenters. The van der Waals surface area contributed by atoms with Crippen LogP contribution in [-0.2, 0) is 15.3 Å². The zero-order chi connectivity index (χ0) is 11.4. The number of rotatable bonds is 4. The van der Waals surface area contributed by atoms with Gasteiger partial charge in [0.15, 0.2) is 11.1 Å². The van der Waals surface area contributed by atoms with Gasteiger partial charge in [0.2, 0.25) is 0 Å². The molecule has 0 radical (unpaired) electrons. The van der Waals surface area contributed by atoms with Crippen molar-refractivity contribution in [2.75, 3.05) is 13.2 Å². The summed E-state index contributed by atoms with van der Waals surface area (Å²) in [7, 11) is 0. The minimum absolute atomic E-state index is 0.370. The van der Waals surface area contributed by atoms with E-state index in [4.69, 9.17) is 4.18 Å². The van der Waals surface area contributed by atoms with Crippen molar-refractivity contribution in [2.45, 2.75) is 30.7 Å². The van der Waals surface area contributed by atoms with E-state index in [2.05, 4.69) is 5.32 Å². The van der Waals surface area contributed by atoms with Gasteiger partial charge in [-0.2, -0.15) is 0 Å². The number of aryl methyl sites for hydroxylation is 1. The fourth-order valence-electron chi connectivity index (χ4n) is 1.76. The van der Waals surface area contributed by atoms with Crippen LogP contribution in [-0.4, -0.2) is 23.4 Å². The maximum absolute atomic E-state index is 11.8. The first-order valence-corrected chi connectivity index (χ1v) is 6.68. The van der Waals surface area contributed by atoms with E-state index < -0.39 is 11.1 Å². The molecule has 88 valence electrons. The Morgan fingerprint density at radius 2 is 2.19 bits per heavy atom. The minimum Gasteiger partial charge on any atom is -0.312 e. The molecule has 0 saturated carbocycles. The molecule has 1 aliphatic heterocycles. The molecule has 0 spiro atoms. The smallest absolute Gasteiger partial charge is 0.189 e. The third kappa shape index (κ3) is 3.14. The summed E-state index contributed by atoms with van der Waals surface area (Å²) in [5.74, 6) is 0. The summed E-state index contributed by atoms with van der Waals surface area (Å²) < 4.78 is 17.1. The van der Waals surface area contributed by atoms with E-state index in [1.165, 1.54) is 12.0 Å². The molecule has 1 aromatic rings. The molecule has 1 saturated heterocycles. The average molecular weight is 239 g/mol. The van der Waals surface area contributed by atoms with Gasteiger partial charge in [0, 0.05) is 6.04 Å². The van der Waals surface area contributed by atoms with Crippen molar-refractivity contribution in [3.63, 3.8) is 0 Å². The highest BCUT2D eigenvalue weighted by molar-refractivity contribution is 7.80. The van der Waals surface area contributed by atoms with Crippen LogP contribution in [0.25, 0.3) is 0 Å². The van der Waals surface area contributed by atoms with Crippen LogP contribution < -0.4 is 5.32 Å². The van der Waals surface area contributed by atoms with E-state index in [0.717, 1.165) is 17.9 Å². The fraction of sp³-hybridized carbons (Fsp3) is 0.500. The topological polar surface area (TPSA) is 38.3 Å². The maximum Gasteiger partial charge on any atom is 0.189 e. The summed E-state index contributed by atoms with van der Waals surface area (Å²) in [5, 5.41) is 3.31. The van der Waals surface area contributed by atoms with Gasteiger partial charge in [-0.15, -0.1) is 0 Å². The van der Waals surface area contributed by atoms with Crippen molar-refractivity contribution in [1.29, 1.82) is 0 Å². The van der Waals surface area contributed by atoms with Gasteiger partial charge in [0.05, 0.1) is 11.5 Å². The van der Waals surface area contributed by atoms with Gasteiger partial charge in [-0.1, -0.05) is 17.7 Å². The Bertz CT molecular complexity index is 358. The first kappa shape index (κ1) is 11.8. The second-order valence-corrected chi connectivity index (χ2v) is 5.30. The van der Waals surface area contributed by atoms with Crippen LogP contribution in [0.15, 0.2) is 29.2 Å². The first-order chi connectivity index (χ1) is 7.75. The summed E-state index contributed by atoms with van der Waals surface area (Å²) in [4.78, 5) is 0.739. The lowest BCUT2D eigenvalue weighted by Gasteiger charge is -2.09. The molecule has 0 amide bonds. The van der Waals surface area contributed by atoms with Gasteiger partial charge in [0.1, 0.15) is 0 Å². The molecule has 0 aliphatic carbocycles. The quantitative estimate of drug-likeness (QED) is 0.870. The van der Waals surface area contributed by atoms with E-state index in [9.17, 15) is 4.21 Å². The lowest BCUT2D eigenvalue weighted by Crippen LogP contribution is -2.27. The summed E-state index contributed by atoms with van der Waals surface area (Å²) in [5.41, 5.74) is 1.17. The lowest BCUT2D eigenvalue weighted by molar-refractivity contribution is 0.302. The van der Waals surface area contributed by atoms with Gasteiger partial charge >= 0.3 is 0 Å². The van der Waals surface area contributed by atoms with E-state index >= 15 is 0 Å². The highest BCUT2D eigenvalue weighted by Gasteiger charge is 2.15. The Kier molecular flexibility index (Phi) is 4.09. The number of benzene rings is 1. The Balaban J connectivity index is 1.85. The van der Waals surface area contributed by atoms with Crippen LogP contribution in [0.4, 0.5) is 0 Å². The SMILES string of the molecule is Cc1ccc(S(=O)OCC2CCCN2)cc1. The average Bonchev–Trinajstić information content (AvgIpc) is 2.80. The monoisotopic (exact) mass is 239 g/mol. The standard InChI is InChI=1S/C12H17NO2S/c1-10-4-6-12(7-5-10)16(14)15-9-11-3-2-8-13-11/h4-7,11,13H,2-3,8-9H2,1H3. The van der Waals surface area contributed by atoms with Crippen molar-refractivity contribution >= 4 is 11.1 Å². The first-order valence-electron chi connectivity index (χ1n) is 5.61. The van der Waals surface area contributed by atoms with Crippen molar-refractivity contribution in [3.05, 3.63) is 29.8 Å². The second-order valence-electron chi connectivity index (χ2n) is 4.13. The van der Waals surface area contributed by atoms with E-state index in [1.807, 2.05) is 31.2 Å². The van der Waals surface area contributed by atoms with E-state index in [-0.39, 0.29) is 0 Å². The normalized spacial score (nSPS) is 22.2.